The van der Waals surface area contributed by atoms with E-state index >= 15 is 0 Å². The first-order valence-electron chi connectivity index (χ1n) is 10.4. The van der Waals surface area contributed by atoms with Crippen molar-refractivity contribution < 1.29 is 18.3 Å². The second kappa shape index (κ2) is 9.05. The SMILES string of the molecule is CCC1=C(C#N)C(c2ccc(-c3ccc(NS(=O)(=O)C(C)C)cc3)cc2)C(C(=O)O)N1C. The molecule has 0 aliphatic carbocycles. The molecule has 0 saturated heterocycles. The lowest BCUT2D eigenvalue weighted by molar-refractivity contribution is -0.142. The summed E-state index contributed by atoms with van der Waals surface area (Å²) >= 11 is 0. The highest BCUT2D eigenvalue weighted by atomic mass is 32.2. The number of likely N-dealkylation sites (N-methyl/N-ethyl adjacent to an activating group) is 1. The predicted octanol–water partition coefficient (Wildman–Crippen LogP) is 4.17. The second-order valence-electron chi connectivity index (χ2n) is 8.09. The summed E-state index contributed by atoms with van der Waals surface area (Å²) in [5.41, 5.74) is 4.32. The van der Waals surface area contributed by atoms with E-state index in [1.165, 1.54) is 0 Å². The zero-order chi connectivity index (χ0) is 23.6. The van der Waals surface area contributed by atoms with Crippen LogP contribution in [0.4, 0.5) is 5.69 Å². The molecule has 7 nitrogen and oxygen atoms in total. The number of aliphatic carboxylic acids is 1. The number of nitriles is 1. The van der Waals surface area contributed by atoms with E-state index in [9.17, 15) is 23.6 Å². The fraction of sp³-hybridized carbons (Fsp3) is 0.333. The van der Waals surface area contributed by atoms with E-state index in [1.807, 2.05) is 43.3 Å². The quantitative estimate of drug-likeness (QED) is 0.651. The zero-order valence-electron chi connectivity index (χ0n) is 18.5. The number of benzene rings is 2. The number of carboxylic acid groups (broad SMARTS) is 1. The number of allylic oxidation sites excluding steroid dienone is 1. The minimum Gasteiger partial charge on any atom is -0.480 e. The van der Waals surface area contributed by atoms with Gasteiger partial charge in [0.05, 0.1) is 22.8 Å². The summed E-state index contributed by atoms with van der Waals surface area (Å²) in [5, 5.41) is 19.0. The van der Waals surface area contributed by atoms with Crippen molar-refractivity contribution in [2.45, 2.75) is 44.4 Å². The Hall–Kier alpha value is -3.31. The number of carboxylic acids is 1. The molecular formula is C24H27N3O4S. The molecule has 0 radical (unpaired) electrons. The largest absolute Gasteiger partial charge is 0.480 e. The van der Waals surface area contributed by atoms with E-state index in [-0.39, 0.29) is 0 Å². The lowest BCUT2D eigenvalue weighted by atomic mass is 9.86. The molecule has 0 saturated carbocycles. The van der Waals surface area contributed by atoms with Crippen LogP contribution < -0.4 is 4.72 Å². The minimum atomic E-state index is -3.41. The number of nitrogens with one attached hydrogen (secondary N) is 1. The fourth-order valence-electron chi connectivity index (χ4n) is 4.05. The number of anilines is 1. The number of sulfonamides is 1. The van der Waals surface area contributed by atoms with Crippen LogP contribution >= 0.6 is 0 Å². The van der Waals surface area contributed by atoms with E-state index in [0.717, 1.165) is 22.4 Å². The Morgan fingerprint density at radius 1 is 1.12 bits per heavy atom. The van der Waals surface area contributed by atoms with Crippen molar-refractivity contribution >= 4 is 21.7 Å². The average molecular weight is 454 g/mol. The molecule has 0 fully saturated rings. The molecule has 1 aliphatic rings. The van der Waals surface area contributed by atoms with Crippen LogP contribution in [0.1, 0.15) is 38.7 Å². The molecule has 168 valence electrons. The van der Waals surface area contributed by atoms with E-state index in [4.69, 9.17) is 0 Å². The van der Waals surface area contributed by atoms with Gasteiger partial charge in [0.25, 0.3) is 0 Å². The van der Waals surface area contributed by atoms with E-state index in [0.29, 0.717) is 17.7 Å². The summed E-state index contributed by atoms with van der Waals surface area (Å²) in [6.07, 6.45) is 0.588. The lowest BCUT2D eigenvalue weighted by Crippen LogP contribution is -2.37. The Morgan fingerprint density at radius 2 is 1.66 bits per heavy atom. The molecule has 0 spiro atoms. The topological polar surface area (TPSA) is 110 Å². The van der Waals surface area contributed by atoms with Gasteiger partial charge in [-0.2, -0.15) is 5.26 Å². The molecule has 0 aromatic heterocycles. The summed E-state index contributed by atoms with van der Waals surface area (Å²) in [5.74, 6) is -1.49. The van der Waals surface area contributed by atoms with Crippen LogP contribution in [0.15, 0.2) is 59.8 Å². The van der Waals surface area contributed by atoms with E-state index in [2.05, 4.69) is 10.8 Å². The highest BCUT2D eigenvalue weighted by Crippen LogP contribution is 2.41. The Bertz CT molecular complexity index is 1180. The summed E-state index contributed by atoms with van der Waals surface area (Å²) in [7, 11) is -1.69. The molecule has 2 N–H and O–H groups in total. The number of hydrogen-bond acceptors (Lipinski definition) is 5. The van der Waals surface area contributed by atoms with Crippen LogP contribution in [0.2, 0.25) is 0 Å². The molecule has 8 heteroatoms. The molecule has 2 unspecified atom stereocenters. The molecule has 32 heavy (non-hydrogen) atoms. The molecule has 0 bridgehead atoms. The number of carbonyl (C=O) groups is 1. The highest BCUT2D eigenvalue weighted by Gasteiger charge is 2.43. The Morgan fingerprint density at radius 3 is 2.09 bits per heavy atom. The maximum Gasteiger partial charge on any atom is 0.327 e. The minimum absolute atomic E-state index is 0.494. The molecule has 1 aliphatic heterocycles. The van der Waals surface area contributed by atoms with Crippen LogP contribution in [-0.2, 0) is 14.8 Å². The van der Waals surface area contributed by atoms with Gasteiger partial charge in [0.1, 0.15) is 6.04 Å². The first kappa shape index (κ1) is 23.4. The van der Waals surface area contributed by atoms with Gasteiger partial charge < -0.3 is 10.0 Å². The summed E-state index contributed by atoms with van der Waals surface area (Å²) in [4.78, 5) is 13.6. The number of hydrogen-bond donors (Lipinski definition) is 2. The Kier molecular flexibility index (Phi) is 6.60. The first-order valence-corrected chi connectivity index (χ1v) is 12.0. The second-order valence-corrected chi connectivity index (χ2v) is 10.3. The van der Waals surface area contributed by atoms with Crippen LogP contribution in [-0.4, -0.2) is 42.7 Å². The third-order valence-corrected chi connectivity index (χ3v) is 7.62. The van der Waals surface area contributed by atoms with Crippen molar-refractivity contribution in [3.05, 3.63) is 65.4 Å². The highest BCUT2D eigenvalue weighted by molar-refractivity contribution is 7.93. The first-order chi connectivity index (χ1) is 15.1. The summed E-state index contributed by atoms with van der Waals surface area (Å²) in [6.45, 7) is 5.15. The molecule has 2 aromatic carbocycles. The van der Waals surface area contributed by atoms with Gasteiger partial charge >= 0.3 is 5.97 Å². The number of nitrogens with zero attached hydrogens (tertiary/aromatic N) is 2. The van der Waals surface area contributed by atoms with Gasteiger partial charge in [-0.15, -0.1) is 0 Å². The maximum absolute atomic E-state index is 12.0. The van der Waals surface area contributed by atoms with Crippen LogP contribution in [0, 0.1) is 11.3 Å². The van der Waals surface area contributed by atoms with Gasteiger partial charge in [-0.1, -0.05) is 43.3 Å². The smallest absolute Gasteiger partial charge is 0.327 e. The molecule has 2 aromatic rings. The molecule has 2 atom stereocenters. The normalized spacial score (nSPS) is 18.7. The number of rotatable bonds is 7. The standard InChI is InChI=1S/C24H27N3O4S/c1-5-21-20(14-25)22(23(24(28)29)27(21)4)18-8-6-16(7-9-18)17-10-12-19(13-11-17)26-32(30,31)15(2)3/h6-13,15,22-23,26H,5H2,1-4H3,(H,28,29). The van der Waals surface area contributed by atoms with Gasteiger partial charge in [0, 0.05) is 18.4 Å². The monoisotopic (exact) mass is 453 g/mol. The lowest BCUT2D eigenvalue weighted by Gasteiger charge is -2.25. The van der Waals surface area contributed by atoms with Crippen LogP contribution in [0.25, 0.3) is 11.1 Å². The van der Waals surface area contributed by atoms with Crippen molar-refractivity contribution in [2.24, 2.45) is 0 Å². The fourth-order valence-corrected chi connectivity index (χ4v) is 4.75. The third-order valence-electron chi connectivity index (χ3n) is 5.86. The Balaban J connectivity index is 1.88. The zero-order valence-corrected chi connectivity index (χ0v) is 19.3. The van der Waals surface area contributed by atoms with Crippen LogP contribution in [0.5, 0.6) is 0 Å². The molecule has 0 amide bonds. The molecule has 3 rings (SSSR count). The van der Waals surface area contributed by atoms with Gasteiger partial charge in [0.2, 0.25) is 10.0 Å². The maximum atomic E-state index is 12.0. The predicted molar refractivity (Wildman–Crippen MR) is 124 cm³/mol. The van der Waals surface area contributed by atoms with Gasteiger partial charge in [-0.25, -0.2) is 13.2 Å². The van der Waals surface area contributed by atoms with Gasteiger partial charge in [-0.3, -0.25) is 4.72 Å². The van der Waals surface area contributed by atoms with Crippen molar-refractivity contribution in [2.75, 3.05) is 11.8 Å². The van der Waals surface area contributed by atoms with E-state index in [1.54, 1.807) is 37.9 Å². The van der Waals surface area contributed by atoms with Crippen molar-refractivity contribution in [1.29, 1.82) is 5.26 Å². The van der Waals surface area contributed by atoms with Crippen molar-refractivity contribution in [3.63, 3.8) is 0 Å². The van der Waals surface area contributed by atoms with Crippen molar-refractivity contribution in [1.82, 2.24) is 4.90 Å². The Labute approximate surface area is 189 Å². The third kappa shape index (κ3) is 4.34. The van der Waals surface area contributed by atoms with Gasteiger partial charge in [-0.05, 0) is 49.1 Å². The molecule has 1 heterocycles. The van der Waals surface area contributed by atoms with Crippen molar-refractivity contribution in [3.8, 4) is 17.2 Å². The van der Waals surface area contributed by atoms with E-state index < -0.39 is 33.2 Å². The average Bonchev–Trinajstić information content (AvgIpc) is 3.05. The van der Waals surface area contributed by atoms with Gasteiger partial charge in [0.15, 0.2) is 0 Å². The summed E-state index contributed by atoms with van der Waals surface area (Å²) in [6, 6.07) is 16.0. The summed E-state index contributed by atoms with van der Waals surface area (Å²) < 4.78 is 26.6. The van der Waals surface area contributed by atoms with Crippen LogP contribution in [0.3, 0.4) is 0 Å². The molecular weight excluding hydrogens is 426 g/mol.